The van der Waals surface area contributed by atoms with E-state index >= 15 is 0 Å². The summed E-state index contributed by atoms with van der Waals surface area (Å²) < 4.78 is 5.21. The number of likely N-dealkylation sites (tertiary alicyclic amines) is 1. The summed E-state index contributed by atoms with van der Waals surface area (Å²) in [6.07, 6.45) is 0.444. The summed E-state index contributed by atoms with van der Waals surface area (Å²) in [7, 11) is 1.51. The number of ether oxygens (including phenoxy) is 1. The summed E-state index contributed by atoms with van der Waals surface area (Å²) in [5, 5.41) is 3.36. The Balaban J connectivity index is 1.56. The second-order valence-corrected chi connectivity index (χ2v) is 6.82. The van der Waals surface area contributed by atoms with Crippen molar-refractivity contribution in [2.75, 3.05) is 20.2 Å². The Labute approximate surface area is 157 Å². The Morgan fingerprint density at radius 2 is 2.04 bits per heavy atom. The van der Waals surface area contributed by atoms with Crippen LogP contribution in [0.4, 0.5) is 0 Å². The van der Waals surface area contributed by atoms with Gasteiger partial charge >= 0.3 is 0 Å². The van der Waals surface area contributed by atoms with Crippen LogP contribution < -0.4 is 10.1 Å². The largest absolute Gasteiger partial charge is 0.496 e. The smallest absolute Gasteiger partial charge is 0.255 e. The molecule has 1 N–H and O–H groups in total. The molecular formula is C20H21ClN2O3. The molecule has 1 saturated heterocycles. The van der Waals surface area contributed by atoms with Crippen molar-refractivity contribution in [3.8, 4) is 5.75 Å². The van der Waals surface area contributed by atoms with Gasteiger partial charge in [0.2, 0.25) is 5.91 Å². The molecule has 3 rings (SSSR count). The first-order chi connectivity index (χ1) is 12.6. The molecule has 5 nitrogen and oxygen atoms in total. The number of halogens is 1. The van der Waals surface area contributed by atoms with Gasteiger partial charge in [0.1, 0.15) is 5.75 Å². The third kappa shape index (κ3) is 4.35. The van der Waals surface area contributed by atoms with Gasteiger partial charge in [-0.1, -0.05) is 41.9 Å². The molecule has 1 heterocycles. The van der Waals surface area contributed by atoms with E-state index in [-0.39, 0.29) is 17.7 Å². The standard InChI is InChI=1S/C20H21ClN2O3/c1-26-18-8-7-16(21)10-17(18)20(25)22-11-15-9-19(24)23(13-15)12-14-5-3-2-4-6-14/h2-8,10,15H,9,11-13H2,1H3,(H,22,25). The average Bonchev–Trinajstić information content (AvgIpc) is 3.00. The first kappa shape index (κ1) is 18.3. The van der Waals surface area contributed by atoms with E-state index in [2.05, 4.69) is 5.32 Å². The van der Waals surface area contributed by atoms with E-state index in [0.717, 1.165) is 5.56 Å². The molecule has 0 radical (unpaired) electrons. The minimum Gasteiger partial charge on any atom is -0.496 e. The van der Waals surface area contributed by atoms with Gasteiger partial charge < -0.3 is 15.0 Å². The molecule has 1 aliphatic rings. The molecule has 0 spiro atoms. The lowest BCUT2D eigenvalue weighted by atomic mass is 10.1. The van der Waals surface area contributed by atoms with E-state index in [1.54, 1.807) is 18.2 Å². The first-order valence-electron chi connectivity index (χ1n) is 8.50. The van der Waals surface area contributed by atoms with Crippen LogP contribution >= 0.6 is 11.6 Å². The molecule has 26 heavy (non-hydrogen) atoms. The van der Waals surface area contributed by atoms with Crippen LogP contribution in [0.2, 0.25) is 5.02 Å². The molecule has 136 valence electrons. The Morgan fingerprint density at radius 1 is 1.27 bits per heavy atom. The van der Waals surface area contributed by atoms with Gasteiger partial charge in [-0.3, -0.25) is 9.59 Å². The maximum Gasteiger partial charge on any atom is 0.255 e. The van der Waals surface area contributed by atoms with Crippen LogP contribution in [-0.4, -0.2) is 36.9 Å². The van der Waals surface area contributed by atoms with E-state index in [1.807, 2.05) is 35.2 Å². The molecule has 0 bridgehead atoms. The number of carbonyl (C=O) groups excluding carboxylic acids is 2. The van der Waals surface area contributed by atoms with E-state index < -0.39 is 0 Å². The number of nitrogens with zero attached hydrogens (tertiary/aromatic N) is 1. The zero-order valence-corrected chi connectivity index (χ0v) is 15.3. The van der Waals surface area contributed by atoms with Crippen molar-refractivity contribution in [2.45, 2.75) is 13.0 Å². The summed E-state index contributed by atoms with van der Waals surface area (Å²) in [6.45, 7) is 1.68. The van der Waals surface area contributed by atoms with Gasteiger partial charge in [0.25, 0.3) is 5.91 Å². The van der Waals surface area contributed by atoms with Gasteiger partial charge in [0.15, 0.2) is 0 Å². The number of rotatable bonds is 6. The van der Waals surface area contributed by atoms with Gasteiger partial charge in [-0.15, -0.1) is 0 Å². The molecule has 2 amide bonds. The molecule has 1 atom stereocenters. The van der Waals surface area contributed by atoms with E-state index in [1.165, 1.54) is 7.11 Å². The molecule has 0 saturated carbocycles. The second-order valence-electron chi connectivity index (χ2n) is 6.38. The van der Waals surface area contributed by atoms with E-state index in [9.17, 15) is 9.59 Å². The highest BCUT2D eigenvalue weighted by Gasteiger charge is 2.29. The molecule has 2 aromatic rings. The number of amides is 2. The number of hydrogen-bond donors (Lipinski definition) is 1. The van der Waals surface area contributed by atoms with Crippen LogP contribution in [-0.2, 0) is 11.3 Å². The lowest BCUT2D eigenvalue weighted by Crippen LogP contribution is -2.31. The van der Waals surface area contributed by atoms with Crippen molar-refractivity contribution in [3.63, 3.8) is 0 Å². The highest BCUT2D eigenvalue weighted by molar-refractivity contribution is 6.31. The number of methoxy groups -OCH3 is 1. The van der Waals surface area contributed by atoms with Crippen molar-refractivity contribution in [2.24, 2.45) is 5.92 Å². The fraction of sp³-hybridized carbons (Fsp3) is 0.300. The first-order valence-corrected chi connectivity index (χ1v) is 8.88. The van der Waals surface area contributed by atoms with Gasteiger partial charge in [0.05, 0.1) is 12.7 Å². The Hall–Kier alpha value is -2.53. The molecule has 1 aliphatic heterocycles. The monoisotopic (exact) mass is 372 g/mol. The topological polar surface area (TPSA) is 58.6 Å². The maximum atomic E-state index is 12.4. The zero-order chi connectivity index (χ0) is 18.5. The third-order valence-electron chi connectivity index (χ3n) is 4.47. The molecule has 6 heteroatoms. The average molecular weight is 373 g/mol. The Kier molecular flexibility index (Phi) is 5.78. The van der Waals surface area contributed by atoms with E-state index in [0.29, 0.717) is 42.4 Å². The lowest BCUT2D eigenvalue weighted by molar-refractivity contribution is -0.128. The Morgan fingerprint density at radius 3 is 2.77 bits per heavy atom. The molecule has 1 fully saturated rings. The summed E-state index contributed by atoms with van der Waals surface area (Å²) in [5.41, 5.74) is 1.50. The van der Waals surface area contributed by atoms with Gasteiger partial charge in [0, 0.05) is 37.0 Å². The predicted octanol–water partition coefficient (Wildman–Crippen LogP) is 3.13. The van der Waals surface area contributed by atoms with Crippen molar-refractivity contribution < 1.29 is 14.3 Å². The lowest BCUT2D eigenvalue weighted by Gasteiger charge is -2.17. The molecule has 0 aromatic heterocycles. The molecule has 1 unspecified atom stereocenters. The highest BCUT2D eigenvalue weighted by Crippen LogP contribution is 2.23. The molecule has 0 aliphatic carbocycles. The van der Waals surface area contributed by atoms with Crippen molar-refractivity contribution in [3.05, 3.63) is 64.7 Å². The fourth-order valence-corrected chi connectivity index (χ4v) is 3.31. The summed E-state index contributed by atoms with van der Waals surface area (Å²) in [6, 6.07) is 14.8. The Bertz CT molecular complexity index is 795. The van der Waals surface area contributed by atoms with Crippen LogP contribution in [0.25, 0.3) is 0 Å². The molecular weight excluding hydrogens is 352 g/mol. The summed E-state index contributed by atoms with van der Waals surface area (Å²) >= 11 is 5.97. The predicted molar refractivity (Wildman–Crippen MR) is 100 cm³/mol. The second kappa shape index (κ2) is 8.23. The third-order valence-corrected chi connectivity index (χ3v) is 4.70. The number of hydrogen-bond acceptors (Lipinski definition) is 3. The summed E-state index contributed by atoms with van der Waals surface area (Å²) in [5.74, 6) is 0.437. The normalized spacial score (nSPS) is 16.6. The van der Waals surface area contributed by atoms with Crippen LogP contribution in [0.1, 0.15) is 22.3 Å². The van der Waals surface area contributed by atoms with Crippen LogP contribution in [0, 0.1) is 5.92 Å². The van der Waals surface area contributed by atoms with Gasteiger partial charge in [-0.05, 0) is 23.8 Å². The van der Waals surface area contributed by atoms with Gasteiger partial charge in [-0.25, -0.2) is 0 Å². The maximum absolute atomic E-state index is 12.4. The quantitative estimate of drug-likeness (QED) is 0.847. The highest BCUT2D eigenvalue weighted by atomic mass is 35.5. The van der Waals surface area contributed by atoms with Crippen molar-refractivity contribution in [1.29, 1.82) is 0 Å². The minimum atomic E-state index is -0.252. The zero-order valence-electron chi connectivity index (χ0n) is 14.6. The number of nitrogens with one attached hydrogen (secondary N) is 1. The molecule has 2 aromatic carbocycles. The van der Waals surface area contributed by atoms with Crippen LogP contribution in [0.5, 0.6) is 5.75 Å². The van der Waals surface area contributed by atoms with Crippen LogP contribution in [0.3, 0.4) is 0 Å². The van der Waals surface area contributed by atoms with E-state index in [4.69, 9.17) is 16.3 Å². The SMILES string of the molecule is COc1ccc(Cl)cc1C(=O)NCC1CC(=O)N(Cc2ccccc2)C1. The minimum absolute atomic E-state index is 0.0975. The van der Waals surface area contributed by atoms with Crippen molar-refractivity contribution in [1.82, 2.24) is 10.2 Å². The number of benzene rings is 2. The fourth-order valence-electron chi connectivity index (χ4n) is 3.14. The van der Waals surface area contributed by atoms with Gasteiger partial charge in [-0.2, -0.15) is 0 Å². The van der Waals surface area contributed by atoms with Crippen molar-refractivity contribution >= 4 is 23.4 Å². The van der Waals surface area contributed by atoms with Crippen LogP contribution in [0.15, 0.2) is 48.5 Å². The number of carbonyl (C=O) groups is 2. The summed E-state index contributed by atoms with van der Waals surface area (Å²) in [4.78, 5) is 26.5.